The van der Waals surface area contributed by atoms with Gasteiger partial charge in [-0.25, -0.2) is 9.59 Å². The summed E-state index contributed by atoms with van der Waals surface area (Å²) in [4.78, 5) is 70.0. The molecule has 2 aromatic rings. The summed E-state index contributed by atoms with van der Waals surface area (Å²) < 4.78 is 5.48. The SMILES string of the molecule is C[C@@H]1CN(CC(=O)N2CCc3ccc(N)cc32)CCN1C(=O)OC(C)(C)C.C[C@@H]1CN(CC(=O)N2CCc3ccc([N+](=O)[O-])cc32)CCN1C(=O)O. The zero-order chi connectivity index (χ0) is 37.9. The maximum atomic E-state index is 12.8. The van der Waals surface area contributed by atoms with Gasteiger partial charge in [-0.1, -0.05) is 12.1 Å². The average Bonchev–Trinajstić information content (AvgIpc) is 3.68. The number of hydrogen-bond donors (Lipinski definition) is 2. The first-order chi connectivity index (χ1) is 24.5. The second-order valence-electron chi connectivity index (χ2n) is 14.9. The van der Waals surface area contributed by atoms with Crippen LogP contribution in [-0.4, -0.2) is 137 Å². The van der Waals surface area contributed by atoms with E-state index in [2.05, 4.69) is 4.90 Å². The lowest BCUT2D eigenvalue weighted by molar-refractivity contribution is -0.384. The molecule has 4 aliphatic heterocycles. The Labute approximate surface area is 303 Å². The summed E-state index contributed by atoms with van der Waals surface area (Å²) in [5.74, 6) is -0.0347. The quantitative estimate of drug-likeness (QED) is 0.262. The Bertz CT molecular complexity index is 1700. The van der Waals surface area contributed by atoms with Crippen LogP contribution in [0.1, 0.15) is 45.7 Å². The summed E-state index contributed by atoms with van der Waals surface area (Å²) in [5.41, 5.74) is 9.67. The Morgan fingerprint density at radius 3 is 1.79 bits per heavy atom. The minimum atomic E-state index is -0.945. The Hall–Kier alpha value is -4.96. The molecule has 0 bridgehead atoms. The number of benzene rings is 2. The molecule has 52 heavy (non-hydrogen) atoms. The van der Waals surface area contributed by atoms with Gasteiger partial charge < -0.3 is 35.2 Å². The van der Waals surface area contributed by atoms with Crippen molar-refractivity contribution in [3.8, 4) is 0 Å². The van der Waals surface area contributed by atoms with Crippen LogP contribution in [0, 0.1) is 10.1 Å². The number of ether oxygens (including phenoxy) is 1. The number of rotatable bonds is 5. The molecule has 0 saturated carbocycles. The van der Waals surface area contributed by atoms with Crippen LogP contribution in [0.4, 0.5) is 32.3 Å². The molecular weight excluding hydrogens is 672 g/mol. The summed E-state index contributed by atoms with van der Waals surface area (Å²) in [6.07, 6.45) is 0.316. The third-order valence-electron chi connectivity index (χ3n) is 9.80. The van der Waals surface area contributed by atoms with E-state index in [1.54, 1.807) is 15.9 Å². The van der Waals surface area contributed by atoms with E-state index in [4.69, 9.17) is 15.6 Å². The molecule has 2 fully saturated rings. The van der Waals surface area contributed by atoms with Crippen LogP contribution in [0.2, 0.25) is 0 Å². The van der Waals surface area contributed by atoms with Crippen molar-refractivity contribution in [1.82, 2.24) is 19.6 Å². The molecule has 0 aromatic heterocycles. The first-order valence-electron chi connectivity index (χ1n) is 17.7. The van der Waals surface area contributed by atoms with Crippen LogP contribution in [0.3, 0.4) is 0 Å². The van der Waals surface area contributed by atoms with Gasteiger partial charge in [0.25, 0.3) is 5.69 Å². The number of carboxylic acid groups (broad SMARTS) is 1. The van der Waals surface area contributed by atoms with Gasteiger partial charge in [-0.05, 0) is 70.7 Å². The summed E-state index contributed by atoms with van der Waals surface area (Å²) in [5, 5.41) is 20.1. The van der Waals surface area contributed by atoms with Gasteiger partial charge >= 0.3 is 12.2 Å². The van der Waals surface area contributed by atoms with Gasteiger partial charge in [0.2, 0.25) is 11.8 Å². The standard InChI is InChI=1S/C20H30N4O3.C16H20N4O5/c1-14-12-22(9-10-23(14)19(26)27-20(2,3)4)13-18(25)24-8-7-15-5-6-16(21)11-17(15)24;1-11-9-17(6-7-18(11)16(22)23)10-15(21)19-5-4-12-2-3-13(20(24)25)8-14(12)19/h5-6,11,14H,7-10,12-13,21H2,1-4H3;2-3,8,11H,4-7,9-10H2,1H3,(H,22,23)/t14-;11-/m11/s1. The molecule has 2 saturated heterocycles. The van der Waals surface area contributed by atoms with Crippen LogP contribution in [0.5, 0.6) is 0 Å². The van der Waals surface area contributed by atoms with Crippen LogP contribution in [0.25, 0.3) is 0 Å². The van der Waals surface area contributed by atoms with E-state index in [0.29, 0.717) is 76.7 Å². The number of piperazine rings is 2. The van der Waals surface area contributed by atoms with E-state index in [9.17, 15) is 29.3 Å². The Kier molecular flexibility index (Phi) is 11.6. The molecule has 3 N–H and O–H groups in total. The van der Waals surface area contributed by atoms with E-state index in [0.717, 1.165) is 17.7 Å². The van der Waals surface area contributed by atoms with E-state index >= 15 is 0 Å². The number of non-ortho nitro benzene ring substituents is 1. The highest BCUT2D eigenvalue weighted by Crippen LogP contribution is 2.32. The van der Waals surface area contributed by atoms with Gasteiger partial charge in [-0.3, -0.25) is 29.5 Å². The maximum Gasteiger partial charge on any atom is 0.410 e. The summed E-state index contributed by atoms with van der Waals surface area (Å²) >= 11 is 0. The van der Waals surface area contributed by atoms with Crippen molar-refractivity contribution in [2.45, 2.75) is 65.1 Å². The van der Waals surface area contributed by atoms with Gasteiger partial charge in [-0.15, -0.1) is 0 Å². The number of nitrogens with zero attached hydrogens (tertiary/aromatic N) is 7. The maximum absolute atomic E-state index is 12.8. The van der Waals surface area contributed by atoms with Crippen molar-refractivity contribution in [2.75, 3.05) is 81.0 Å². The van der Waals surface area contributed by atoms with Gasteiger partial charge in [-0.2, -0.15) is 0 Å². The minimum absolute atomic E-state index is 0.00269. The topological polar surface area (TPSA) is 186 Å². The first-order valence-corrected chi connectivity index (χ1v) is 17.7. The minimum Gasteiger partial charge on any atom is -0.465 e. The summed E-state index contributed by atoms with van der Waals surface area (Å²) in [6.45, 7) is 14.4. The van der Waals surface area contributed by atoms with Crippen LogP contribution in [-0.2, 0) is 27.2 Å². The monoisotopic (exact) mass is 722 g/mol. The predicted molar refractivity (Wildman–Crippen MR) is 196 cm³/mol. The number of anilines is 3. The molecule has 4 aliphatic rings. The Morgan fingerprint density at radius 1 is 0.808 bits per heavy atom. The van der Waals surface area contributed by atoms with Crippen molar-refractivity contribution in [1.29, 1.82) is 0 Å². The Morgan fingerprint density at radius 2 is 1.31 bits per heavy atom. The molecule has 282 valence electrons. The molecular formula is C36H50N8O8. The molecule has 0 radical (unpaired) electrons. The van der Waals surface area contributed by atoms with Gasteiger partial charge in [0.15, 0.2) is 0 Å². The van der Waals surface area contributed by atoms with E-state index < -0.39 is 16.6 Å². The fourth-order valence-corrected chi connectivity index (χ4v) is 7.18. The number of amides is 4. The summed E-state index contributed by atoms with van der Waals surface area (Å²) in [7, 11) is 0. The fourth-order valence-electron chi connectivity index (χ4n) is 7.18. The molecule has 0 aliphatic carbocycles. The predicted octanol–water partition coefficient (Wildman–Crippen LogP) is 3.27. The van der Waals surface area contributed by atoms with Gasteiger partial charge in [0.1, 0.15) is 5.60 Å². The number of nitrogens with two attached hydrogens (primary N) is 1. The van der Waals surface area contributed by atoms with Crippen molar-refractivity contribution in [3.05, 3.63) is 57.6 Å². The van der Waals surface area contributed by atoms with E-state index in [-0.39, 0.29) is 42.2 Å². The normalized spacial score (nSPS) is 20.5. The van der Waals surface area contributed by atoms with Crippen molar-refractivity contribution in [3.63, 3.8) is 0 Å². The van der Waals surface area contributed by atoms with Crippen molar-refractivity contribution in [2.24, 2.45) is 0 Å². The molecule has 2 atom stereocenters. The molecule has 0 unspecified atom stereocenters. The highest BCUT2D eigenvalue weighted by Gasteiger charge is 2.34. The van der Waals surface area contributed by atoms with Crippen LogP contribution < -0.4 is 15.5 Å². The highest BCUT2D eigenvalue weighted by molar-refractivity contribution is 5.98. The third-order valence-corrected chi connectivity index (χ3v) is 9.80. The summed E-state index contributed by atoms with van der Waals surface area (Å²) in [6, 6.07) is 10.2. The zero-order valence-electron chi connectivity index (χ0n) is 30.6. The second-order valence-corrected chi connectivity index (χ2v) is 14.9. The van der Waals surface area contributed by atoms with Gasteiger partial charge in [0.05, 0.1) is 23.7 Å². The van der Waals surface area contributed by atoms with Crippen LogP contribution >= 0.6 is 0 Å². The highest BCUT2D eigenvalue weighted by atomic mass is 16.6. The lowest BCUT2D eigenvalue weighted by Crippen LogP contribution is -2.56. The fraction of sp³-hybridized carbons (Fsp3) is 0.556. The number of nitrogen functional groups attached to an aromatic ring is 1. The number of nitro groups is 1. The first kappa shape index (κ1) is 38.3. The zero-order valence-corrected chi connectivity index (χ0v) is 30.6. The van der Waals surface area contributed by atoms with Crippen LogP contribution in [0.15, 0.2) is 36.4 Å². The largest absolute Gasteiger partial charge is 0.465 e. The lowest BCUT2D eigenvalue weighted by Gasteiger charge is -2.40. The number of carbonyl (C=O) groups is 4. The molecule has 4 amide bonds. The smallest absolute Gasteiger partial charge is 0.410 e. The van der Waals surface area contributed by atoms with Gasteiger partial charge in [0, 0.05) is 87.9 Å². The second kappa shape index (κ2) is 15.7. The number of nitro benzene ring substituents is 1. The number of fused-ring (bicyclic) bond motifs is 2. The molecule has 16 heteroatoms. The van der Waals surface area contributed by atoms with E-state index in [1.807, 2.05) is 62.6 Å². The Balaban J connectivity index is 0.000000202. The number of hydrogen-bond acceptors (Lipinski definition) is 10. The third kappa shape index (κ3) is 9.09. The molecule has 2 aromatic carbocycles. The molecule has 16 nitrogen and oxygen atoms in total. The molecule has 0 spiro atoms. The number of carbonyl (C=O) groups excluding carboxylic acids is 3. The van der Waals surface area contributed by atoms with Crippen molar-refractivity contribution < 1.29 is 33.9 Å². The van der Waals surface area contributed by atoms with Crippen molar-refractivity contribution >= 4 is 46.8 Å². The average molecular weight is 723 g/mol. The molecule has 4 heterocycles. The molecule has 6 rings (SSSR count). The lowest BCUT2D eigenvalue weighted by atomic mass is 10.1. The van der Waals surface area contributed by atoms with E-state index in [1.165, 1.54) is 22.6 Å².